The minimum Gasteiger partial charge on any atom is -0.375 e. The Morgan fingerprint density at radius 1 is 1.38 bits per heavy atom. The standard InChI is InChI=1S/C17H29N3O/c1-5-9-18-16(6-2)17-8-7-15(10-19-17)20-11-14(4)21-12-13(20)3/h7-8,10,13-14,16,18H,5-6,9,11-12H2,1-4H3. The molecule has 1 N–H and O–H groups in total. The molecule has 0 radical (unpaired) electrons. The van der Waals surface area contributed by atoms with Gasteiger partial charge in [-0.15, -0.1) is 0 Å². The summed E-state index contributed by atoms with van der Waals surface area (Å²) in [7, 11) is 0. The first kappa shape index (κ1) is 16.2. The number of hydrogen-bond acceptors (Lipinski definition) is 4. The number of nitrogens with one attached hydrogen (secondary N) is 1. The molecule has 0 saturated carbocycles. The third-order valence-electron chi connectivity index (χ3n) is 4.12. The lowest BCUT2D eigenvalue weighted by Gasteiger charge is -2.38. The number of rotatable bonds is 6. The Morgan fingerprint density at radius 2 is 2.19 bits per heavy atom. The largest absolute Gasteiger partial charge is 0.375 e. The Balaban J connectivity index is 2.06. The van der Waals surface area contributed by atoms with E-state index in [4.69, 9.17) is 9.72 Å². The van der Waals surface area contributed by atoms with Crippen LogP contribution >= 0.6 is 0 Å². The number of hydrogen-bond donors (Lipinski definition) is 1. The van der Waals surface area contributed by atoms with Crippen molar-refractivity contribution in [2.75, 3.05) is 24.6 Å². The molecule has 4 nitrogen and oxygen atoms in total. The van der Waals surface area contributed by atoms with Crippen LogP contribution in [0.1, 0.15) is 52.3 Å². The summed E-state index contributed by atoms with van der Waals surface area (Å²) in [5, 5.41) is 3.55. The monoisotopic (exact) mass is 291 g/mol. The lowest BCUT2D eigenvalue weighted by Crippen LogP contribution is -2.47. The van der Waals surface area contributed by atoms with Crippen LogP contribution in [0.15, 0.2) is 18.3 Å². The number of morpholine rings is 1. The number of nitrogens with zero attached hydrogens (tertiary/aromatic N) is 2. The van der Waals surface area contributed by atoms with E-state index in [9.17, 15) is 0 Å². The van der Waals surface area contributed by atoms with Crippen LogP contribution in [0.4, 0.5) is 5.69 Å². The molecule has 1 aliphatic heterocycles. The molecule has 3 atom stereocenters. The van der Waals surface area contributed by atoms with Gasteiger partial charge in [-0.05, 0) is 45.4 Å². The molecule has 1 aromatic heterocycles. The van der Waals surface area contributed by atoms with Crippen molar-refractivity contribution < 1.29 is 4.74 Å². The Morgan fingerprint density at radius 3 is 2.81 bits per heavy atom. The van der Waals surface area contributed by atoms with E-state index in [1.807, 2.05) is 6.20 Å². The number of pyridine rings is 1. The zero-order valence-corrected chi connectivity index (χ0v) is 13.8. The van der Waals surface area contributed by atoms with Crippen LogP contribution in [0.2, 0.25) is 0 Å². The first-order chi connectivity index (χ1) is 10.2. The molecular formula is C17H29N3O. The van der Waals surface area contributed by atoms with E-state index < -0.39 is 0 Å². The van der Waals surface area contributed by atoms with Crippen LogP contribution in [-0.2, 0) is 4.74 Å². The molecule has 0 bridgehead atoms. The van der Waals surface area contributed by atoms with E-state index >= 15 is 0 Å². The van der Waals surface area contributed by atoms with Crippen molar-refractivity contribution >= 4 is 5.69 Å². The second-order valence-corrected chi connectivity index (χ2v) is 6.00. The lowest BCUT2D eigenvalue weighted by molar-refractivity contribution is 0.0343. The fourth-order valence-electron chi connectivity index (χ4n) is 2.81. The van der Waals surface area contributed by atoms with E-state index in [2.05, 4.69) is 50.0 Å². The summed E-state index contributed by atoms with van der Waals surface area (Å²) in [6.07, 6.45) is 4.52. The molecule has 3 unspecified atom stereocenters. The minimum absolute atomic E-state index is 0.287. The van der Waals surface area contributed by atoms with E-state index in [0.29, 0.717) is 12.1 Å². The molecule has 1 aliphatic rings. The summed E-state index contributed by atoms with van der Waals surface area (Å²) in [4.78, 5) is 7.09. The van der Waals surface area contributed by atoms with Gasteiger partial charge >= 0.3 is 0 Å². The fraction of sp³-hybridized carbons (Fsp3) is 0.706. The minimum atomic E-state index is 0.287. The molecule has 2 rings (SSSR count). The summed E-state index contributed by atoms with van der Waals surface area (Å²) >= 11 is 0. The third kappa shape index (κ3) is 4.17. The van der Waals surface area contributed by atoms with Gasteiger partial charge in [0.15, 0.2) is 0 Å². The maximum atomic E-state index is 5.69. The van der Waals surface area contributed by atoms with Crippen LogP contribution < -0.4 is 10.2 Å². The van der Waals surface area contributed by atoms with Crippen molar-refractivity contribution in [1.82, 2.24) is 10.3 Å². The van der Waals surface area contributed by atoms with E-state index in [1.165, 1.54) is 5.69 Å². The van der Waals surface area contributed by atoms with Gasteiger partial charge in [-0.3, -0.25) is 4.98 Å². The highest BCUT2D eigenvalue weighted by atomic mass is 16.5. The summed E-state index contributed by atoms with van der Waals surface area (Å²) < 4.78 is 5.69. The highest BCUT2D eigenvalue weighted by Crippen LogP contribution is 2.23. The lowest BCUT2D eigenvalue weighted by atomic mass is 10.1. The Kier molecular flexibility index (Phi) is 6.00. The van der Waals surface area contributed by atoms with Gasteiger partial charge in [0.2, 0.25) is 0 Å². The molecule has 1 saturated heterocycles. The molecule has 1 aromatic rings. The van der Waals surface area contributed by atoms with Crippen molar-refractivity contribution in [3.8, 4) is 0 Å². The predicted octanol–water partition coefficient (Wildman–Crippen LogP) is 3.15. The maximum absolute atomic E-state index is 5.69. The van der Waals surface area contributed by atoms with Crippen molar-refractivity contribution in [1.29, 1.82) is 0 Å². The highest BCUT2D eigenvalue weighted by Gasteiger charge is 2.24. The third-order valence-corrected chi connectivity index (χ3v) is 4.12. The smallest absolute Gasteiger partial charge is 0.0723 e. The number of aromatic nitrogens is 1. The van der Waals surface area contributed by atoms with Crippen LogP contribution in [0.25, 0.3) is 0 Å². The molecule has 1 fully saturated rings. The van der Waals surface area contributed by atoms with Crippen molar-refractivity contribution in [3.05, 3.63) is 24.0 Å². The van der Waals surface area contributed by atoms with Crippen molar-refractivity contribution in [2.24, 2.45) is 0 Å². The molecule has 0 aromatic carbocycles. The van der Waals surface area contributed by atoms with Gasteiger partial charge in [-0.25, -0.2) is 0 Å². The SMILES string of the molecule is CCCNC(CC)c1ccc(N2CC(C)OCC2C)cn1. The number of ether oxygens (including phenoxy) is 1. The average molecular weight is 291 g/mol. The van der Waals surface area contributed by atoms with Crippen LogP contribution in [0.3, 0.4) is 0 Å². The van der Waals surface area contributed by atoms with Gasteiger partial charge in [0.1, 0.15) is 0 Å². The predicted molar refractivity (Wildman–Crippen MR) is 87.8 cm³/mol. The zero-order valence-electron chi connectivity index (χ0n) is 13.8. The molecule has 21 heavy (non-hydrogen) atoms. The van der Waals surface area contributed by atoms with Gasteiger partial charge in [0, 0.05) is 18.6 Å². The van der Waals surface area contributed by atoms with Gasteiger partial charge in [0.05, 0.1) is 30.3 Å². The maximum Gasteiger partial charge on any atom is 0.0723 e. The molecule has 2 heterocycles. The molecule has 0 amide bonds. The second-order valence-electron chi connectivity index (χ2n) is 6.00. The molecule has 0 aliphatic carbocycles. The molecule has 4 heteroatoms. The first-order valence-electron chi connectivity index (χ1n) is 8.23. The summed E-state index contributed by atoms with van der Waals surface area (Å²) in [6.45, 7) is 11.5. The van der Waals surface area contributed by atoms with E-state index in [1.54, 1.807) is 0 Å². The average Bonchev–Trinajstić information content (AvgIpc) is 2.51. The van der Waals surface area contributed by atoms with Gasteiger partial charge < -0.3 is 15.0 Å². The van der Waals surface area contributed by atoms with Gasteiger partial charge in [-0.2, -0.15) is 0 Å². The molecule has 0 spiro atoms. The second kappa shape index (κ2) is 7.76. The van der Waals surface area contributed by atoms with Gasteiger partial charge in [0.25, 0.3) is 0 Å². The first-order valence-corrected chi connectivity index (χ1v) is 8.23. The highest BCUT2D eigenvalue weighted by molar-refractivity contribution is 5.46. The fourth-order valence-corrected chi connectivity index (χ4v) is 2.81. The molecule has 118 valence electrons. The number of anilines is 1. The van der Waals surface area contributed by atoms with E-state index in [0.717, 1.165) is 38.2 Å². The Hall–Kier alpha value is -1.13. The summed E-state index contributed by atoms with van der Waals surface area (Å²) in [5.41, 5.74) is 2.34. The quantitative estimate of drug-likeness (QED) is 0.873. The van der Waals surface area contributed by atoms with Crippen LogP contribution in [-0.4, -0.2) is 36.8 Å². The van der Waals surface area contributed by atoms with Gasteiger partial charge in [-0.1, -0.05) is 13.8 Å². The molecular weight excluding hydrogens is 262 g/mol. The normalized spacial score (nSPS) is 24.1. The Labute approximate surface area is 128 Å². The van der Waals surface area contributed by atoms with E-state index in [-0.39, 0.29) is 6.10 Å². The van der Waals surface area contributed by atoms with Crippen LogP contribution in [0.5, 0.6) is 0 Å². The van der Waals surface area contributed by atoms with Crippen LogP contribution in [0, 0.1) is 0 Å². The Bertz CT molecular complexity index is 421. The summed E-state index contributed by atoms with van der Waals surface area (Å²) in [5.74, 6) is 0. The summed E-state index contributed by atoms with van der Waals surface area (Å²) in [6, 6.07) is 5.14. The van der Waals surface area contributed by atoms with Crippen molar-refractivity contribution in [2.45, 2.75) is 58.7 Å². The zero-order chi connectivity index (χ0) is 15.2. The topological polar surface area (TPSA) is 37.4 Å². The van der Waals surface area contributed by atoms with Crippen molar-refractivity contribution in [3.63, 3.8) is 0 Å².